The molecule has 2 aliphatic heterocycles. The summed E-state index contributed by atoms with van der Waals surface area (Å²) in [5, 5.41) is 3.55. The molecule has 0 unspecified atom stereocenters. The zero-order valence-electron chi connectivity index (χ0n) is 16.0. The number of hydrogen-bond acceptors (Lipinski definition) is 4. The van der Waals surface area contributed by atoms with Crippen LogP contribution >= 0.6 is 0 Å². The number of alkyl halides is 3. The van der Waals surface area contributed by atoms with Gasteiger partial charge >= 0.3 is 6.36 Å². The van der Waals surface area contributed by atoms with E-state index in [1.807, 2.05) is 18.2 Å². The Kier molecular flexibility index (Phi) is 5.17. The third kappa shape index (κ3) is 4.05. The summed E-state index contributed by atoms with van der Waals surface area (Å²) in [6.07, 6.45) is -0.734. The average Bonchev–Trinajstić information content (AvgIpc) is 3.12. The normalized spacial score (nSPS) is 24.1. The second-order valence-corrected chi connectivity index (χ2v) is 7.31. The maximum atomic E-state index is 12.7. The summed E-state index contributed by atoms with van der Waals surface area (Å²) in [7, 11) is 1.49. The minimum atomic E-state index is -4.75. The van der Waals surface area contributed by atoms with Crippen molar-refractivity contribution in [1.29, 1.82) is 0 Å². The lowest BCUT2D eigenvalue weighted by atomic mass is 9.78. The summed E-state index contributed by atoms with van der Waals surface area (Å²) in [4.78, 5) is 0. The average molecular weight is 405 g/mol. The van der Waals surface area contributed by atoms with Crippen molar-refractivity contribution in [3.8, 4) is 11.5 Å². The number of rotatable bonds is 4. The third-order valence-electron chi connectivity index (χ3n) is 5.46. The fraction of sp³-hybridized carbons (Fsp3) is 0.364. The van der Waals surface area contributed by atoms with E-state index in [4.69, 9.17) is 9.47 Å². The summed E-state index contributed by atoms with van der Waals surface area (Å²) >= 11 is 0. The van der Waals surface area contributed by atoms with Crippen molar-refractivity contribution in [1.82, 2.24) is 5.32 Å². The standard InChI is InChI=1S/C22H22F3NO3/c1-27-19-9-8-17(29-22(23,24)25)12-18(19)16-13-21(28-14-16)10-5-11-26-20(21)15-6-3-2-4-7-15/h2-4,6-9,12,14,20,26H,5,10-11,13H2,1H3/t20-,21+/m0/s1. The molecule has 0 aromatic heterocycles. The number of nitrogens with one attached hydrogen (secondary N) is 1. The Morgan fingerprint density at radius 3 is 2.66 bits per heavy atom. The molecule has 29 heavy (non-hydrogen) atoms. The Balaban J connectivity index is 1.64. The fourth-order valence-electron chi connectivity index (χ4n) is 4.24. The molecule has 0 amide bonds. The molecule has 0 bridgehead atoms. The minimum absolute atomic E-state index is 0.00759. The van der Waals surface area contributed by atoms with Crippen LogP contribution in [-0.2, 0) is 4.74 Å². The maximum absolute atomic E-state index is 12.7. The highest BCUT2D eigenvalue weighted by molar-refractivity contribution is 5.73. The lowest BCUT2D eigenvalue weighted by Crippen LogP contribution is -2.48. The van der Waals surface area contributed by atoms with Crippen LogP contribution in [0, 0.1) is 0 Å². The van der Waals surface area contributed by atoms with Crippen molar-refractivity contribution in [3.05, 3.63) is 65.9 Å². The van der Waals surface area contributed by atoms with Gasteiger partial charge < -0.3 is 19.5 Å². The second kappa shape index (κ2) is 7.63. The predicted molar refractivity (Wildman–Crippen MR) is 103 cm³/mol. The van der Waals surface area contributed by atoms with Gasteiger partial charge in [-0.3, -0.25) is 0 Å². The SMILES string of the molecule is COc1ccc(OC(F)(F)F)cc1C1=CO[C@]2(CCCN[C@H]2c2ccccc2)C1. The first kappa shape index (κ1) is 19.6. The quantitative estimate of drug-likeness (QED) is 0.757. The van der Waals surface area contributed by atoms with Crippen molar-refractivity contribution in [2.75, 3.05) is 13.7 Å². The van der Waals surface area contributed by atoms with Gasteiger partial charge in [-0.05, 0) is 43.1 Å². The van der Waals surface area contributed by atoms with Gasteiger partial charge in [0.25, 0.3) is 0 Å². The van der Waals surface area contributed by atoms with Gasteiger partial charge in [-0.2, -0.15) is 0 Å². The van der Waals surface area contributed by atoms with Crippen LogP contribution in [-0.4, -0.2) is 25.6 Å². The van der Waals surface area contributed by atoms with E-state index < -0.39 is 12.0 Å². The Bertz CT molecular complexity index is 898. The van der Waals surface area contributed by atoms with E-state index in [-0.39, 0.29) is 11.8 Å². The molecule has 1 N–H and O–H groups in total. The molecule has 2 atom stereocenters. The highest BCUT2D eigenvalue weighted by atomic mass is 19.4. The first-order valence-corrected chi connectivity index (χ1v) is 9.50. The highest BCUT2D eigenvalue weighted by Gasteiger charge is 2.47. The summed E-state index contributed by atoms with van der Waals surface area (Å²) in [5.41, 5.74) is 1.98. The van der Waals surface area contributed by atoms with Crippen LogP contribution in [0.1, 0.15) is 36.4 Å². The van der Waals surface area contributed by atoms with Crippen molar-refractivity contribution < 1.29 is 27.4 Å². The molecule has 154 valence electrons. The van der Waals surface area contributed by atoms with Crippen LogP contribution in [0.4, 0.5) is 13.2 Å². The first-order valence-electron chi connectivity index (χ1n) is 9.50. The number of halogens is 3. The molecule has 2 heterocycles. The van der Waals surface area contributed by atoms with Crippen LogP contribution in [0.3, 0.4) is 0 Å². The molecule has 1 saturated heterocycles. The van der Waals surface area contributed by atoms with E-state index in [0.717, 1.165) is 30.5 Å². The van der Waals surface area contributed by atoms with E-state index >= 15 is 0 Å². The lowest BCUT2D eigenvalue weighted by Gasteiger charge is -2.41. The largest absolute Gasteiger partial charge is 0.573 e. The van der Waals surface area contributed by atoms with Crippen molar-refractivity contribution in [2.24, 2.45) is 0 Å². The Labute approximate surface area is 167 Å². The molecule has 4 rings (SSSR count). The van der Waals surface area contributed by atoms with Gasteiger partial charge in [0.15, 0.2) is 0 Å². The van der Waals surface area contributed by atoms with Gasteiger partial charge in [-0.25, -0.2) is 0 Å². The third-order valence-corrected chi connectivity index (χ3v) is 5.46. The van der Waals surface area contributed by atoms with Gasteiger partial charge in [0.05, 0.1) is 19.4 Å². The zero-order valence-corrected chi connectivity index (χ0v) is 16.0. The summed E-state index contributed by atoms with van der Waals surface area (Å²) in [5.74, 6) is 0.197. The van der Waals surface area contributed by atoms with Crippen LogP contribution in [0.5, 0.6) is 11.5 Å². The molecule has 1 fully saturated rings. The fourth-order valence-corrected chi connectivity index (χ4v) is 4.24. The molecule has 2 aromatic rings. The van der Waals surface area contributed by atoms with Crippen LogP contribution in [0.2, 0.25) is 0 Å². The van der Waals surface area contributed by atoms with E-state index in [9.17, 15) is 13.2 Å². The van der Waals surface area contributed by atoms with Gasteiger partial charge in [-0.1, -0.05) is 30.3 Å². The van der Waals surface area contributed by atoms with Crippen molar-refractivity contribution in [2.45, 2.75) is 37.3 Å². The molecule has 0 radical (unpaired) electrons. The Morgan fingerprint density at radius 1 is 1.14 bits per heavy atom. The van der Waals surface area contributed by atoms with Gasteiger partial charge in [0, 0.05) is 17.6 Å². The van der Waals surface area contributed by atoms with E-state index in [2.05, 4.69) is 22.2 Å². The molecule has 2 aliphatic rings. The second-order valence-electron chi connectivity index (χ2n) is 7.31. The number of piperidine rings is 1. The Morgan fingerprint density at radius 2 is 1.93 bits per heavy atom. The predicted octanol–water partition coefficient (Wildman–Crippen LogP) is 5.22. The molecule has 7 heteroatoms. The molecule has 1 spiro atoms. The van der Waals surface area contributed by atoms with Crippen LogP contribution in [0.15, 0.2) is 54.8 Å². The van der Waals surface area contributed by atoms with Crippen molar-refractivity contribution >= 4 is 5.57 Å². The highest BCUT2D eigenvalue weighted by Crippen LogP contribution is 2.49. The zero-order chi connectivity index (χ0) is 20.5. The monoisotopic (exact) mass is 405 g/mol. The lowest BCUT2D eigenvalue weighted by molar-refractivity contribution is -0.274. The summed E-state index contributed by atoms with van der Waals surface area (Å²) < 4.78 is 53.7. The van der Waals surface area contributed by atoms with Gasteiger partial charge in [0.2, 0.25) is 0 Å². The van der Waals surface area contributed by atoms with Crippen LogP contribution in [0.25, 0.3) is 5.57 Å². The summed E-state index contributed by atoms with van der Waals surface area (Å²) in [6.45, 7) is 0.887. The summed E-state index contributed by atoms with van der Waals surface area (Å²) in [6, 6.07) is 14.1. The molecule has 4 nitrogen and oxygen atoms in total. The van der Waals surface area contributed by atoms with Gasteiger partial charge in [0.1, 0.15) is 17.1 Å². The van der Waals surface area contributed by atoms with Crippen molar-refractivity contribution in [3.63, 3.8) is 0 Å². The van der Waals surface area contributed by atoms with E-state index in [0.29, 0.717) is 17.7 Å². The maximum Gasteiger partial charge on any atom is 0.573 e. The topological polar surface area (TPSA) is 39.7 Å². The number of ether oxygens (including phenoxy) is 3. The first-order chi connectivity index (χ1) is 13.9. The number of hydrogen-bond donors (Lipinski definition) is 1. The molecular weight excluding hydrogens is 383 g/mol. The number of benzene rings is 2. The molecule has 2 aromatic carbocycles. The van der Waals surface area contributed by atoms with E-state index in [1.165, 1.54) is 25.3 Å². The smallest absolute Gasteiger partial charge is 0.496 e. The number of methoxy groups -OCH3 is 1. The Hall–Kier alpha value is -2.67. The molecular formula is C22H22F3NO3. The van der Waals surface area contributed by atoms with Gasteiger partial charge in [-0.15, -0.1) is 13.2 Å². The molecule has 0 saturated carbocycles. The van der Waals surface area contributed by atoms with E-state index in [1.54, 1.807) is 6.26 Å². The molecule has 0 aliphatic carbocycles. The minimum Gasteiger partial charge on any atom is -0.496 e. The van der Waals surface area contributed by atoms with Crippen LogP contribution < -0.4 is 14.8 Å².